The summed E-state index contributed by atoms with van der Waals surface area (Å²) in [5.41, 5.74) is 4.96. The van der Waals surface area contributed by atoms with Gasteiger partial charge in [0.2, 0.25) is 5.91 Å². The van der Waals surface area contributed by atoms with E-state index in [1.807, 2.05) is 6.26 Å². The maximum absolute atomic E-state index is 12.2. The number of ether oxygens (including phenoxy) is 1. The van der Waals surface area contributed by atoms with Crippen molar-refractivity contribution in [3.05, 3.63) is 23.8 Å². The molecule has 1 fully saturated rings. The number of benzene rings is 1. The molecule has 1 atom stereocenters. The molecule has 0 aromatic heterocycles. The molecule has 2 rings (SSSR count). The highest BCUT2D eigenvalue weighted by Crippen LogP contribution is 2.25. The number of carbonyl (C=O) groups excluding carboxylic acids is 2. The fourth-order valence-corrected chi connectivity index (χ4v) is 4.82. The lowest BCUT2D eigenvalue weighted by molar-refractivity contribution is -0.122. The number of nitrogens with one attached hydrogen (secondary N) is 2. The Balaban J connectivity index is 1.90. The van der Waals surface area contributed by atoms with Crippen LogP contribution < -0.4 is 15.6 Å². The van der Waals surface area contributed by atoms with Gasteiger partial charge in [-0.05, 0) is 36.8 Å². The Hall–Kier alpha value is -1.74. The van der Waals surface area contributed by atoms with Gasteiger partial charge in [-0.3, -0.25) is 20.4 Å². The number of carbonyl (C=O) groups is 2. The number of hydrazine groups is 1. The van der Waals surface area contributed by atoms with E-state index in [0.29, 0.717) is 17.7 Å². The van der Waals surface area contributed by atoms with Crippen molar-refractivity contribution in [3.8, 4) is 5.75 Å². The number of thioether (sulfide) groups is 1. The van der Waals surface area contributed by atoms with Crippen LogP contribution in [0.25, 0.3) is 0 Å². The summed E-state index contributed by atoms with van der Waals surface area (Å²) in [7, 11) is -1.55. The van der Waals surface area contributed by atoms with Crippen LogP contribution in [0.2, 0.25) is 0 Å². The van der Waals surface area contributed by atoms with E-state index in [1.54, 1.807) is 18.2 Å². The molecule has 0 aliphatic carbocycles. The summed E-state index contributed by atoms with van der Waals surface area (Å²) in [5.74, 6) is -0.538. The summed E-state index contributed by atoms with van der Waals surface area (Å²) in [6.45, 7) is 0. The Labute approximate surface area is 145 Å². The van der Waals surface area contributed by atoms with Crippen molar-refractivity contribution in [1.82, 2.24) is 10.9 Å². The molecule has 0 unspecified atom stereocenters. The molecule has 24 heavy (non-hydrogen) atoms. The fourth-order valence-electron chi connectivity index (χ4n) is 2.53. The zero-order valence-electron chi connectivity index (χ0n) is 13.5. The lowest BCUT2D eigenvalue weighted by atomic mass is 10.1. The van der Waals surface area contributed by atoms with Crippen molar-refractivity contribution >= 4 is 33.4 Å². The molecule has 7 nitrogen and oxygen atoms in total. The second-order valence-corrected chi connectivity index (χ2v) is 8.65. The lowest BCUT2D eigenvalue weighted by Crippen LogP contribution is -2.42. The van der Waals surface area contributed by atoms with Crippen LogP contribution in [0.3, 0.4) is 0 Å². The molecule has 2 amide bonds. The van der Waals surface area contributed by atoms with Crippen molar-refractivity contribution in [2.75, 3.05) is 24.9 Å². The minimum absolute atomic E-state index is 0.0261. The first-order chi connectivity index (χ1) is 11.3. The molecule has 1 aliphatic rings. The number of hydrogen-bond acceptors (Lipinski definition) is 6. The molecule has 1 aliphatic heterocycles. The van der Waals surface area contributed by atoms with Crippen molar-refractivity contribution in [2.24, 2.45) is 5.92 Å². The highest BCUT2D eigenvalue weighted by Gasteiger charge is 2.29. The number of sulfone groups is 1. The average Bonchev–Trinajstić information content (AvgIpc) is 2.90. The van der Waals surface area contributed by atoms with E-state index < -0.39 is 21.7 Å². The summed E-state index contributed by atoms with van der Waals surface area (Å²) in [4.78, 5) is 25.0. The largest absolute Gasteiger partial charge is 0.496 e. The topological polar surface area (TPSA) is 102 Å². The quantitative estimate of drug-likeness (QED) is 0.591. The van der Waals surface area contributed by atoms with E-state index in [0.717, 1.165) is 4.90 Å². The van der Waals surface area contributed by atoms with Crippen LogP contribution in [0.15, 0.2) is 23.1 Å². The Bertz CT molecular complexity index is 733. The van der Waals surface area contributed by atoms with Crippen molar-refractivity contribution in [1.29, 1.82) is 0 Å². The third-order valence-electron chi connectivity index (χ3n) is 3.77. The maximum Gasteiger partial charge on any atom is 0.273 e. The van der Waals surface area contributed by atoms with Crippen LogP contribution >= 0.6 is 11.8 Å². The van der Waals surface area contributed by atoms with Crippen LogP contribution in [-0.2, 0) is 14.6 Å². The second kappa shape index (κ2) is 7.89. The Morgan fingerprint density at radius 3 is 2.67 bits per heavy atom. The summed E-state index contributed by atoms with van der Waals surface area (Å²) >= 11 is 1.52. The summed E-state index contributed by atoms with van der Waals surface area (Å²) in [6, 6.07) is 5.15. The predicted molar refractivity (Wildman–Crippen MR) is 91.8 cm³/mol. The Kier molecular flexibility index (Phi) is 6.11. The zero-order valence-corrected chi connectivity index (χ0v) is 15.1. The van der Waals surface area contributed by atoms with E-state index in [9.17, 15) is 18.0 Å². The molecule has 0 radical (unpaired) electrons. The zero-order chi connectivity index (χ0) is 17.7. The van der Waals surface area contributed by atoms with Gasteiger partial charge in [0.1, 0.15) is 5.75 Å². The summed E-state index contributed by atoms with van der Waals surface area (Å²) < 4.78 is 28.0. The molecule has 2 N–H and O–H groups in total. The standard InChI is InChI=1S/C15H20N2O5S2/c1-22-13-8-11(23-2)3-4-12(13)15(19)17-16-14(18)7-10-5-6-24(20,21)9-10/h3-4,8,10H,5-7,9H2,1-2H3,(H,16,18)(H,17,19)/t10-/m1/s1. The Morgan fingerprint density at radius 1 is 1.33 bits per heavy atom. The molecule has 9 heteroatoms. The third kappa shape index (κ3) is 4.88. The monoisotopic (exact) mass is 372 g/mol. The SMILES string of the molecule is COc1cc(SC)ccc1C(=O)NNC(=O)C[C@H]1CCS(=O)(=O)C1. The summed E-state index contributed by atoms with van der Waals surface area (Å²) in [5, 5.41) is 0. The van der Waals surface area contributed by atoms with E-state index in [2.05, 4.69) is 10.9 Å². The first-order valence-corrected chi connectivity index (χ1v) is 10.4. The van der Waals surface area contributed by atoms with Gasteiger partial charge < -0.3 is 4.74 Å². The van der Waals surface area contributed by atoms with Crippen LogP contribution in [0.4, 0.5) is 0 Å². The van der Waals surface area contributed by atoms with E-state index in [-0.39, 0.29) is 23.8 Å². The van der Waals surface area contributed by atoms with Gasteiger partial charge in [-0.1, -0.05) is 0 Å². The van der Waals surface area contributed by atoms with E-state index in [1.165, 1.54) is 18.9 Å². The van der Waals surface area contributed by atoms with Crippen LogP contribution in [-0.4, -0.2) is 45.1 Å². The highest BCUT2D eigenvalue weighted by molar-refractivity contribution is 7.98. The van der Waals surface area contributed by atoms with E-state index in [4.69, 9.17) is 4.74 Å². The molecule has 132 valence electrons. The van der Waals surface area contributed by atoms with Crippen LogP contribution in [0, 0.1) is 5.92 Å². The first kappa shape index (κ1) is 18.6. The maximum atomic E-state index is 12.2. The molecule has 0 bridgehead atoms. The molecule has 1 heterocycles. The van der Waals surface area contributed by atoms with Gasteiger partial charge in [-0.25, -0.2) is 8.42 Å². The van der Waals surface area contributed by atoms with Crippen molar-refractivity contribution in [3.63, 3.8) is 0 Å². The van der Waals surface area contributed by atoms with E-state index >= 15 is 0 Å². The molecule has 1 aromatic rings. The fraction of sp³-hybridized carbons (Fsp3) is 0.467. The minimum Gasteiger partial charge on any atom is -0.496 e. The normalized spacial score (nSPS) is 18.8. The van der Waals surface area contributed by atoms with Gasteiger partial charge in [-0.15, -0.1) is 11.8 Å². The van der Waals surface area contributed by atoms with Crippen molar-refractivity contribution in [2.45, 2.75) is 17.7 Å². The van der Waals surface area contributed by atoms with Gasteiger partial charge in [0.15, 0.2) is 9.84 Å². The van der Waals surface area contributed by atoms with Crippen LogP contribution in [0.1, 0.15) is 23.2 Å². The van der Waals surface area contributed by atoms with Crippen molar-refractivity contribution < 1.29 is 22.7 Å². The molecular weight excluding hydrogens is 352 g/mol. The third-order valence-corrected chi connectivity index (χ3v) is 6.33. The van der Waals surface area contributed by atoms with Gasteiger partial charge in [0.05, 0.1) is 24.2 Å². The van der Waals surface area contributed by atoms with Gasteiger partial charge in [0.25, 0.3) is 5.91 Å². The van der Waals surface area contributed by atoms with Gasteiger partial charge in [0, 0.05) is 11.3 Å². The minimum atomic E-state index is -3.02. The predicted octanol–water partition coefficient (Wildman–Crippen LogP) is 1.00. The van der Waals surface area contributed by atoms with Gasteiger partial charge >= 0.3 is 0 Å². The number of methoxy groups -OCH3 is 1. The molecule has 0 saturated carbocycles. The highest BCUT2D eigenvalue weighted by atomic mass is 32.2. The number of amides is 2. The smallest absolute Gasteiger partial charge is 0.273 e. The molecule has 1 aromatic carbocycles. The second-order valence-electron chi connectivity index (χ2n) is 5.54. The average molecular weight is 372 g/mol. The number of rotatable bonds is 5. The Morgan fingerprint density at radius 2 is 2.08 bits per heavy atom. The molecule has 1 saturated heterocycles. The first-order valence-electron chi connectivity index (χ1n) is 7.36. The summed E-state index contributed by atoms with van der Waals surface area (Å²) in [6.07, 6.45) is 2.47. The molecular formula is C15H20N2O5S2. The van der Waals surface area contributed by atoms with Gasteiger partial charge in [-0.2, -0.15) is 0 Å². The molecule has 0 spiro atoms. The lowest BCUT2D eigenvalue weighted by Gasteiger charge is -2.12. The van der Waals surface area contributed by atoms with Crippen LogP contribution in [0.5, 0.6) is 5.75 Å². The number of hydrogen-bond donors (Lipinski definition) is 2.